The SMILES string of the molecule is CSCc1nc(CCNC(=O)c2cc(=O)n(-c3ccccc3)[nH]2)cs1. The number of aromatic nitrogens is 3. The van der Waals surface area contributed by atoms with E-state index in [1.165, 1.54) is 10.7 Å². The molecule has 2 N–H and O–H groups in total. The highest BCUT2D eigenvalue weighted by Gasteiger charge is 2.12. The molecule has 0 unspecified atom stereocenters. The maximum absolute atomic E-state index is 12.2. The lowest BCUT2D eigenvalue weighted by atomic mass is 10.3. The summed E-state index contributed by atoms with van der Waals surface area (Å²) in [6.07, 6.45) is 2.71. The van der Waals surface area contributed by atoms with Crippen LogP contribution in [0.3, 0.4) is 0 Å². The highest BCUT2D eigenvalue weighted by Crippen LogP contribution is 2.15. The molecule has 0 fully saturated rings. The fraction of sp³-hybridized carbons (Fsp3) is 0.235. The topological polar surface area (TPSA) is 79.8 Å². The summed E-state index contributed by atoms with van der Waals surface area (Å²) < 4.78 is 1.35. The minimum absolute atomic E-state index is 0.246. The van der Waals surface area contributed by atoms with Crippen LogP contribution in [0, 0.1) is 0 Å². The number of benzene rings is 1. The van der Waals surface area contributed by atoms with Crippen LogP contribution >= 0.6 is 23.1 Å². The lowest BCUT2D eigenvalue weighted by molar-refractivity contribution is 0.0948. The minimum atomic E-state index is -0.300. The van der Waals surface area contributed by atoms with Crippen molar-refractivity contribution < 1.29 is 4.79 Å². The summed E-state index contributed by atoms with van der Waals surface area (Å²) in [7, 11) is 0. The molecule has 8 heteroatoms. The van der Waals surface area contributed by atoms with Gasteiger partial charge in [0.05, 0.1) is 11.4 Å². The van der Waals surface area contributed by atoms with Gasteiger partial charge in [-0.1, -0.05) is 18.2 Å². The molecule has 0 aliphatic heterocycles. The number of para-hydroxylation sites is 1. The summed E-state index contributed by atoms with van der Waals surface area (Å²) in [6.45, 7) is 0.472. The van der Waals surface area contributed by atoms with E-state index in [9.17, 15) is 9.59 Å². The number of thioether (sulfide) groups is 1. The summed E-state index contributed by atoms with van der Waals surface area (Å²) in [5, 5.41) is 8.78. The van der Waals surface area contributed by atoms with E-state index in [-0.39, 0.29) is 17.2 Å². The zero-order chi connectivity index (χ0) is 17.6. The second-order valence-electron chi connectivity index (χ2n) is 5.35. The Kier molecular flexibility index (Phi) is 5.72. The third kappa shape index (κ3) is 4.40. The number of carbonyl (C=O) groups excluding carboxylic acids is 1. The van der Waals surface area contributed by atoms with Gasteiger partial charge in [0, 0.05) is 30.2 Å². The highest BCUT2D eigenvalue weighted by molar-refractivity contribution is 7.97. The van der Waals surface area contributed by atoms with Crippen LogP contribution in [0.4, 0.5) is 0 Å². The average molecular weight is 374 g/mol. The van der Waals surface area contributed by atoms with Crippen molar-refractivity contribution in [2.45, 2.75) is 12.2 Å². The van der Waals surface area contributed by atoms with Gasteiger partial charge < -0.3 is 5.32 Å². The molecule has 0 bridgehead atoms. The first-order valence-electron chi connectivity index (χ1n) is 7.75. The molecule has 130 valence electrons. The molecule has 0 atom stereocenters. The van der Waals surface area contributed by atoms with Crippen LogP contribution < -0.4 is 10.9 Å². The fourth-order valence-corrected chi connectivity index (χ4v) is 3.88. The van der Waals surface area contributed by atoms with Gasteiger partial charge in [-0.25, -0.2) is 9.67 Å². The van der Waals surface area contributed by atoms with E-state index in [0.717, 1.165) is 16.5 Å². The third-order valence-corrected chi connectivity index (χ3v) is 5.16. The Morgan fingerprint density at radius 2 is 2.16 bits per heavy atom. The predicted molar refractivity (Wildman–Crippen MR) is 102 cm³/mol. The van der Waals surface area contributed by atoms with E-state index in [1.54, 1.807) is 35.2 Å². The summed E-state index contributed by atoms with van der Waals surface area (Å²) in [5.41, 5.74) is 1.65. The van der Waals surface area contributed by atoms with Gasteiger partial charge in [-0.2, -0.15) is 11.8 Å². The monoisotopic (exact) mass is 374 g/mol. The molecule has 2 aromatic heterocycles. The summed E-state index contributed by atoms with van der Waals surface area (Å²) >= 11 is 3.37. The van der Waals surface area contributed by atoms with E-state index in [0.29, 0.717) is 18.7 Å². The first-order valence-corrected chi connectivity index (χ1v) is 10.0. The van der Waals surface area contributed by atoms with Crippen LogP contribution in [-0.2, 0) is 12.2 Å². The van der Waals surface area contributed by atoms with E-state index >= 15 is 0 Å². The van der Waals surface area contributed by atoms with Gasteiger partial charge >= 0.3 is 0 Å². The lowest BCUT2D eigenvalue weighted by Crippen LogP contribution is -2.26. The lowest BCUT2D eigenvalue weighted by Gasteiger charge is -2.03. The molecule has 0 saturated carbocycles. The van der Waals surface area contributed by atoms with Crippen LogP contribution in [-0.4, -0.2) is 33.5 Å². The fourth-order valence-electron chi connectivity index (χ4n) is 2.33. The van der Waals surface area contributed by atoms with Crippen molar-refractivity contribution >= 4 is 29.0 Å². The molecule has 0 spiro atoms. The van der Waals surface area contributed by atoms with Crippen LogP contribution in [0.25, 0.3) is 5.69 Å². The van der Waals surface area contributed by atoms with Crippen LogP contribution in [0.2, 0.25) is 0 Å². The molecule has 3 aromatic rings. The standard InChI is InChI=1S/C17H18N4O2S2/c1-24-11-15-19-12(10-25-15)7-8-18-17(23)14-9-16(22)21(20-14)13-5-3-2-4-6-13/h2-6,9-10,20H,7-8,11H2,1H3,(H,18,23). The number of rotatable bonds is 7. The maximum Gasteiger partial charge on any atom is 0.271 e. The Bertz CT molecular complexity index is 899. The van der Waals surface area contributed by atoms with Crippen LogP contribution in [0.5, 0.6) is 0 Å². The van der Waals surface area contributed by atoms with Crippen molar-refractivity contribution in [1.29, 1.82) is 0 Å². The van der Waals surface area contributed by atoms with Gasteiger partial charge in [-0.15, -0.1) is 11.3 Å². The molecule has 0 saturated heterocycles. The Morgan fingerprint density at radius 3 is 2.92 bits per heavy atom. The predicted octanol–water partition coefficient (Wildman–Crippen LogP) is 2.46. The molecular weight excluding hydrogens is 356 g/mol. The molecule has 1 aromatic carbocycles. The van der Waals surface area contributed by atoms with Crippen molar-refractivity contribution in [3.63, 3.8) is 0 Å². The molecule has 25 heavy (non-hydrogen) atoms. The second-order valence-corrected chi connectivity index (χ2v) is 7.16. The van der Waals surface area contributed by atoms with Gasteiger partial charge in [0.2, 0.25) is 0 Å². The first kappa shape index (κ1) is 17.5. The number of carbonyl (C=O) groups is 1. The normalized spacial score (nSPS) is 10.8. The Balaban J connectivity index is 1.59. The number of thiazole rings is 1. The van der Waals surface area contributed by atoms with Crippen LogP contribution in [0.15, 0.2) is 46.6 Å². The minimum Gasteiger partial charge on any atom is -0.350 e. The van der Waals surface area contributed by atoms with Crippen molar-refractivity contribution in [1.82, 2.24) is 20.1 Å². The highest BCUT2D eigenvalue weighted by atomic mass is 32.2. The van der Waals surface area contributed by atoms with Crippen molar-refractivity contribution in [2.24, 2.45) is 0 Å². The average Bonchev–Trinajstić information content (AvgIpc) is 3.23. The summed E-state index contributed by atoms with van der Waals surface area (Å²) in [4.78, 5) is 28.8. The van der Waals surface area contributed by atoms with Gasteiger partial charge in [0.1, 0.15) is 10.7 Å². The molecule has 0 aliphatic rings. The Morgan fingerprint density at radius 1 is 1.36 bits per heavy atom. The van der Waals surface area contributed by atoms with Crippen LogP contribution in [0.1, 0.15) is 21.2 Å². The number of hydrogen-bond donors (Lipinski definition) is 2. The molecule has 6 nitrogen and oxygen atoms in total. The molecular formula is C17H18N4O2S2. The number of hydrogen-bond acceptors (Lipinski definition) is 5. The molecule has 0 aliphatic carbocycles. The van der Waals surface area contributed by atoms with Gasteiger partial charge in [-0.3, -0.25) is 14.7 Å². The Hall–Kier alpha value is -2.32. The molecule has 2 heterocycles. The summed E-state index contributed by atoms with van der Waals surface area (Å²) in [5.74, 6) is 0.608. The molecule has 3 rings (SSSR count). The molecule has 1 amide bonds. The zero-order valence-corrected chi connectivity index (χ0v) is 15.3. The Labute approximate surface area is 153 Å². The van der Waals surface area contributed by atoms with Gasteiger partial charge in [-0.05, 0) is 18.4 Å². The van der Waals surface area contributed by atoms with Crippen molar-refractivity contribution in [3.05, 3.63) is 68.5 Å². The number of nitrogens with one attached hydrogen (secondary N) is 2. The third-order valence-electron chi connectivity index (χ3n) is 3.51. The van der Waals surface area contributed by atoms with E-state index in [1.807, 2.05) is 29.8 Å². The number of aromatic amines is 1. The number of amides is 1. The van der Waals surface area contributed by atoms with E-state index < -0.39 is 0 Å². The largest absolute Gasteiger partial charge is 0.350 e. The zero-order valence-electron chi connectivity index (χ0n) is 13.7. The van der Waals surface area contributed by atoms with Gasteiger partial charge in [0.15, 0.2) is 0 Å². The molecule has 0 radical (unpaired) electrons. The summed E-state index contributed by atoms with van der Waals surface area (Å²) in [6, 6.07) is 10.4. The maximum atomic E-state index is 12.2. The first-order chi connectivity index (χ1) is 12.2. The quantitative estimate of drug-likeness (QED) is 0.666. The van der Waals surface area contributed by atoms with E-state index in [2.05, 4.69) is 15.4 Å². The second kappa shape index (κ2) is 8.17. The van der Waals surface area contributed by atoms with Crippen molar-refractivity contribution in [2.75, 3.05) is 12.8 Å². The number of nitrogens with zero attached hydrogens (tertiary/aromatic N) is 2. The van der Waals surface area contributed by atoms with Crippen molar-refractivity contribution in [3.8, 4) is 5.69 Å². The smallest absolute Gasteiger partial charge is 0.271 e. The van der Waals surface area contributed by atoms with Gasteiger partial charge in [0.25, 0.3) is 11.5 Å². The number of H-pyrrole nitrogens is 1. The van der Waals surface area contributed by atoms with E-state index in [4.69, 9.17) is 0 Å².